The summed E-state index contributed by atoms with van der Waals surface area (Å²) in [7, 11) is 0. The van der Waals surface area contributed by atoms with Gasteiger partial charge in [0.05, 0.1) is 5.69 Å². The third-order valence-electron chi connectivity index (χ3n) is 5.15. The van der Waals surface area contributed by atoms with Crippen LogP contribution in [0.4, 0.5) is 5.69 Å². The van der Waals surface area contributed by atoms with Crippen LogP contribution in [0.5, 0.6) is 0 Å². The summed E-state index contributed by atoms with van der Waals surface area (Å²) in [6, 6.07) is 30.1. The zero-order valence-electron chi connectivity index (χ0n) is 15.7. The normalized spacial score (nSPS) is 12.6. The van der Waals surface area contributed by atoms with Crippen LogP contribution in [0.3, 0.4) is 0 Å². The van der Waals surface area contributed by atoms with Gasteiger partial charge in [0.2, 0.25) is 0 Å². The van der Waals surface area contributed by atoms with Crippen molar-refractivity contribution < 1.29 is 4.79 Å². The van der Waals surface area contributed by atoms with Crippen molar-refractivity contribution in [1.29, 1.82) is 0 Å². The average molecular weight is 374 g/mol. The Kier molecular flexibility index (Phi) is 4.26. The van der Waals surface area contributed by atoms with Crippen LogP contribution < -0.4 is 4.90 Å². The number of rotatable bonds is 2. The summed E-state index contributed by atoms with van der Waals surface area (Å²) in [5, 5.41) is 1.99. The quantitative estimate of drug-likeness (QED) is 0.420. The molecule has 1 aliphatic rings. The molecule has 1 amide bonds. The molecule has 1 aliphatic heterocycles. The first-order chi connectivity index (χ1) is 14.3. The van der Waals surface area contributed by atoms with Crippen LogP contribution in [0.25, 0.3) is 21.9 Å². The summed E-state index contributed by atoms with van der Waals surface area (Å²) < 4.78 is 0. The van der Waals surface area contributed by atoms with Gasteiger partial charge in [0.1, 0.15) is 0 Å². The summed E-state index contributed by atoms with van der Waals surface area (Å²) >= 11 is 0. The van der Waals surface area contributed by atoms with Gasteiger partial charge in [-0.3, -0.25) is 14.7 Å². The van der Waals surface area contributed by atoms with Gasteiger partial charge in [-0.25, -0.2) is 0 Å². The highest BCUT2D eigenvalue weighted by Gasteiger charge is 2.21. The van der Waals surface area contributed by atoms with E-state index in [9.17, 15) is 4.79 Å². The van der Waals surface area contributed by atoms with Gasteiger partial charge in [-0.05, 0) is 40.1 Å². The van der Waals surface area contributed by atoms with Crippen LogP contribution in [0.2, 0.25) is 0 Å². The first-order valence-corrected chi connectivity index (χ1v) is 9.52. The van der Waals surface area contributed by atoms with E-state index in [0.717, 1.165) is 33.2 Å². The number of fused-ring (bicyclic) bond motifs is 2. The maximum atomic E-state index is 13.5. The molecule has 3 nitrogen and oxygen atoms in total. The minimum Gasteiger partial charge on any atom is -0.282 e. The lowest BCUT2D eigenvalue weighted by Crippen LogP contribution is -2.26. The van der Waals surface area contributed by atoms with Crippen LogP contribution >= 0.6 is 0 Å². The zero-order chi connectivity index (χ0) is 19.6. The lowest BCUT2D eigenvalue weighted by atomic mass is 10.0. The third kappa shape index (κ3) is 3.13. The Morgan fingerprint density at radius 2 is 1.55 bits per heavy atom. The Hall–Kier alpha value is -3.98. The molecule has 0 radical (unpaired) electrons. The summed E-state index contributed by atoms with van der Waals surface area (Å²) in [6.07, 6.45) is 5.19. The molecular formula is C26H18N2O. The number of nitrogens with zero attached hydrogens (tertiary/aromatic N) is 2. The Morgan fingerprint density at radius 3 is 2.45 bits per heavy atom. The van der Waals surface area contributed by atoms with Gasteiger partial charge in [0, 0.05) is 29.7 Å². The molecule has 0 aromatic heterocycles. The number of amides is 1. The van der Waals surface area contributed by atoms with Crippen molar-refractivity contribution in [3.05, 3.63) is 115 Å². The molecule has 0 atom stereocenters. The molecule has 4 aromatic carbocycles. The summed E-state index contributed by atoms with van der Waals surface area (Å²) in [5.74, 6) is -0.0720. The molecule has 0 spiro atoms. The van der Waals surface area contributed by atoms with Gasteiger partial charge >= 0.3 is 0 Å². The number of benzene rings is 4. The topological polar surface area (TPSA) is 32.7 Å². The van der Waals surface area contributed by atoms with Gasteiger partial charge in [-0.1, -0.05) is 72.8 Å². The van der Waals surface area contributed by atoms with Crippen molar-refractivity contribution in [1.82, 2.24) is 0 Å². The minimum atomic E-state index is -0.0720. The van der Waals surface area contributed by atoms with E-state index in [1.54, 1.807) is 23.5 Å². The van der Waals surface area contributed by atoms with E-state index in [1.807, 2.05) is 72.8 Å². The van der Waals surface area contributed by atoms with Crippen LogP contribution in [0, 0.1) is 0 Å². The first kappa shape index (κ1) is 17.1. The Bertz CT molecular complexity index is 1270. The summed E-state index contributed by atoms with van der Waals surface area (Å²) in [5.41, 5.74) is 4.63. The fourth-order valence-corrected chi connectivity index (χ4v) is 3.72. The minimum absolute atomic E-state index is 0.0720. The smallest absolute Gasteiger partial charge is 0.263 e. The van der Waals surface area contributed by atoms with Crippen molar-refractivity contribution in [2.24, 2.45) is 4.99 Å². The number of carbonyl (C=O) groups excluding carboxylic acids is 1. The van der Waals surface area contributed by atoms with Crippen molar-refractivity contribution in [2.75, 3.05) is 4.90 Å². The van der Waals surface area contributed by atoms with Gasteiger partial charge < -0.3 is 0 Å². The molecule has 5 rings (SSSR count). The van der Waals surface area contributed by atoms with Crippen LogP contribution in [0.15, 0.2) is 108 Å². The summed E-state index contributed by atoms with van der Waals surface area (Å²) in [6.45, 7) is 0. The van der Waals surface area contributed by atoms with E-state index in [4.69, 9.17) is 0 Å². The van der Waals surface area contributed by atoms with Gasteiger partial charge in [0.25, 0.3) is 5.91 Å². The first-order valence-electron chi connectivity index (χ1n) is 9.52. The third-order valence-corrected chi connectivity index (χ3v) is 5.15. The second-order valence-electron chi connectivity index (χ2n) is 6.92. The van der Waals surface area contributed by atoms with E-state index >= 15 is 0 Å². The molecule has 4 aromatic rings. The standard InChI is InChI=1S/C26H18N2O/c29-26(24-12-6-10-20-9-4-5-11-23(20)24)28-16-15-27-18-22-17-21(13-14-25(22)28)19-7-2-1-3-8-19/h1-18H. The molecule has 3 heteroatoms. The molecule has 29 heavy (non-hydrogen) atoms. The second-order valence-corrected chi connectivity index (χ2v) is 6.92. The molecule has 1 heterocycles. The lowest BCUT2D eigenvalue weighted by molar-refractivity contribution is 0.0999. The molecule has 138 valence electrons. The molecule has 0 fully saturated rings. The molecule has 0 saturated carbocycles. The number of hydrogen-bond acceptors (Lipinski definition) is 2. The fraction of sp³-hybridized carbons (Fsp3) is 0. The van der Waals surface area contributed by atoms with E-state index in [0.29, 0.717) is 5.56 Å². The van der Waals surface area contributed by atoms with Crippen molar-refractivity contribution >= 4 is 28.6 Å². The summed E-state index contributed by atoms with van der Waals surface area (Å²) in [4.78, 5) is 19.5. The highest BCUT2D eigenvalue weighted by molar-refractivity contribution is 6.16. The molecule has 0 unspecified atom stereocenters. The van der Waals surface area contributed by atoms with Crippen molar-refractivity contribution in [2.45, 2.75) is 0 Å². The highest BCUT2D eigenvalue weighted by Crippen LogP contribution is 2.30. The largest absolute Gasteiger partial charge is 0.282 e. The van der Waals surface area contributed by atoms with Crippen LogP contribution in [0.1, 0.15) is 15.9 Å². The number of hydrogen-bond donors (Lipinski definition) is 0. The zero-order valence-corrected chi connectivity index (χ0v) is 15.7. The van der Waals surface area contributed by atoms with Gasteiger partial charge in [-0.15, -0.1) is 0 Å². The molecule has 0 saturated heterocycles. The average Bonchev–Trinajstić information content (AvgIpc) is 3.01. The Morgan fingerprint density at radius 1 is 0.759 bits per heavy atom. The lowest BCUT2D eigenvalue weighted by Gasteiger charge is -2.21. The van der Waals surface area contributed by atoms with Crippen LogP contribution in [-0.2, 0) is 0 Å². The van der Waals surface area contributed by atoms with E-state index in [-0.39, 0.29) is 5.91 Å². The predicted octanol–water partition coefficient (Wildman–Crippen LogP) is 6.06. The van der Waals surface area contributed by atoms with Gasteiger partial charge in [-0.2, -0.15) is 0 Å². The monoisotopic (exact) mass is 374 g/mol. The maximum absolute atomic E-state index is 13.5. The van der Waals surface area contributed by atoms with Gasteiger partial charge in [0.15, 0.2) is 0 Å². The van der Waals surface area contributed by atoms with Crippen LogP contribution in [-0.4, -0.2) is 12.1 Å². The number of aliphatic imine (C=N–C) groups is 1. The number of carbonyl (C=O) groups is 1. The SMILES string of the molecule is O=C(c1cccc2ccccc12)N1C=CN=Cc2cc(-c3ccccc3)ccc21. The predicted molar refractivity (Wildman–Crippen MR) is 119 cm³/mol. The molecule has 0 bridgehead atoms. The fourth-order valence-electron chi connectivity index (χ4n) is 3.72. The van der Waals surface area contributed by atoms with Crippen molar-refractivity contribution in [3.8, 4) is 11.1 Å². The highest BCUT2D eigenvalue weighted by atomic mass is 16.2. The van der Waals surface area contributed by atoms with E-state index in [2.05, 4.69) is 23.2 Å². The molecule has 0 N–H and O–H groups in total. The molecular weight excluding hydrogens is 356 g/mol. The second kappa shape index (κ2) is 7.21. The number of anilines is 1. The molecule has 0 aliphatic carbocycles. The van der Waals surface area contributed by atoms with E-state index in [1.165, 1.54) is 0 Å². The Balaban J connectivity index is 1.60. The van der Waals surface area contributed by atoms with E-state index < -0.39 is 0 Å². The maximum Gasteiger partial charge on any atom is 0.263 e. The van der Waals surface area contributed by atoms with Crippen molar-refractivity contribution in [3.63, 3.8) is 0 Å². The Labute approximate surface area is 169 Å².